The summed E-state index contributed by atoms with van der Waals surface area (Å²) in [5, 5.41) is 10.0. The van der Waals surface area contributed by atoms with E-state index in [1.165, 1.54) is 18.9 Å². The lowest BCUT2D eigenvalue weighted by molar-refractivity contribution is 0.151. The van der Waals surface area contributed by atoms with Gasteiger partial charge in [0, 0.05) is 25.2 Å². The Kier molecular flexibility index (Phi) is 2.58. The second-order valence-corrected chi connectivity index (χ2v) is 5.37. The summed E-state index contributed by atoms with van der Waals surface area (Å²) >= 11 is 0. The van der Waals surface area contributed by atoms with Gasteiger partial charge in [0.1, 0.15) is 5.82 Å². The molecule has 0 bridgehead atoms. The standard InChI is InChI=1S/C14H18FNO/c15-12-4-3-11(10-14(17)5-6-14)13(9-12)16-7-1-2-8-16/h3-4,9,17H,1-2,5-8,10H2. The van der Waals surface area contributed by atoms with Crippen LogP contribution >= 0.6 is 0 Å². The van der Waals surface area contributed by atoms with E-state index in [4.69, 9.17) is 0 Å². The van der Waals surface area contributed by atoms with E-state index >= 15 is 0 Å². The lowest BCUT2D eigenvalue weighted by Gasteiger charge is -2.22. The molecule has 3 rings (SSSR count). The maximum Gasteiger partial charge on any atom is 0.125 e. The van der Waals surface area contributed by atoms with Crippen LogP contribution in [0.4, 0.5) is 10.1 Å². The zero-order valence-electron chi connectivity index (χ0n) is 9.95. The van der Waals surface area contributed by atoms with E-state index in [9.17, 15) is 9.50 Å². The molecule has 2 nitrogen and oxygen atoms in total. The van der Waals surface area contributed by atoms with E-state index in [2.05, 4.69) is 4.90 Å². The van der Waals surface area contributed by atoms with Crippen molar-refractivity contribution in [1.29, 1.82) is 0 Å². The Morgan fingerprint density at radius 1 is 1.24 bits per heavy atom. The van der Waals surface area contributed by atoms with Gasteiger partial charge in [-0.15, -0.1) is 0 Å². The molecule has 1 saturated heterocycles. The Bertz CT molecular complexity index is 422. The molecule has 0 amide bonds. The maximum atomic E-state index is 13.4. The lowest BCUT2D eigenvalue weighted by Crippen LogP contribution is -2.21. The minimum absolute atomic E-state index is 0.182. The van der Waals surface area contributed by atoms with E-state index in [-0.39, 0.29) is 5.82 Å². The van der Waals surface area contributed by atoms with Crippen LogP contribution in [0.5, 0.6) is 0 Å². The summed E-state index contributed by atoms with van der Waals surface area (Å²) in [6.07, 6.45) is 4.78. The van der Waals surface area contributed by atoms with Gasteiger partial charge in [0.25, 0.3) is 0 Å². The summed E-state index contributed by atoms with van der Waals surface area (Å²) in [6, 6.07) is 4.95. The second-order valence-electron chi connectivity index (χ2n) is 5.37. The number of rotatable bonds is 3. The van der Waals surface area contributed by atoms with Gasteiger partial charge in [-0.2, -0.15) is 0 Å². The molecule has 0 spiro atoms. The molecule has 3 heteroatoms. The number of hydrogen-bond acceptors (Lipinski definition) is 2. The summed E-state index contributed by atoms with van der Waals surface area (Å²) in [5.41, 5.74) is 1.57. The molecule has 0 aromatic heterocycles. The largest absolute Gasteiger partial charge is 0.390 e. The molecule has 92 valence electrons. The Labute approximate surface area is 101 Å². The number of nitrogens with zero attached hydrogens (tertiary/aromatic N) is 1. The van der Waals surface area contributed by atoms with Gasteiger partial charge in [-0.05, 0) is 43.4 Å². The smallest absolute Gasteiger partial charge is 0.125 e. The summed E-state index contributed by atoms with van der Waals surface area (Å²) in [5.74, 6) is -0.182. The van der Waals surface area contributed by atoms with Crippen molar-refractivity contribution in [1.82, 2.24) is 0 Å². The summed E-state index contributed by atoms with van der Waals surface area (Å²) in [7, 11) is 0. The van der Waals surface area contributed by atoms with E-state index in [1.54, 1.807) is 6.07 Å². The first kappa shape index (κ1) is 11.0. The zero-order valence-corrected chi connectivity index (χ0v) is 9.95. The molecule has 1 saturated carbocycles. The van der Waals surface area contributed by atoms with Crippen LogP contribution in [0.2, 0.25) is 0 Å². The molecule has 1 aliphatic heterocycles. The van der Waals surface area contributed by atoms with Crippen molar-refractivity contribution in [3.63, 3.8) is 0 Å². The Morgan fingerprint density at radius 3 is 2.59 bits per heavy atom. The second kappa shape index (κ2) is 3.98. The summed E-state index contributed by atoms with van der Waals surface area (Å²) in [6.45, 7) is 2.02. The maximum absolute atomic E-state index is 13.4. The van der Waals surface area contributed by atoms with E-state index < -0.39 is 5.60 Å². The third-order valence-electron chi connectivity index (χ3n) is 3.84. The van der Waals surface area contributed by atoms with Crippen LogP contribution in [0.1, 0.15) is 31.2 Å². The van der Waals surface area contributed by atoms with Crippen LogP contribution in [0.3, 0.4) is 0 Å². The quantitative estimate of drug-likeness (QED) is 0.870. The van der Waals surface area contributed by atoms with Gasteiger partial charge in [-0.1, -0.05) is 6.07 Å². The van der Waals surface area contributed by atoms with Crippen molar-refractivity contribution < 1.29 is 9.50 Å². The van der Waals surface area contributed by atoms with Crippen LogP contribution in [0.15, 0.2) is 18.2 Å². The minimum atomic E-state index is -0.508. The van der Waals surface area contributed by atoms with Gasteiger partial charge < -0.3 is 10.0 Å². The van der Waals surface area contributed by atoms with Crippen molar-refractivity contribution >= 4 is 5.69 Å². The average molecular weight is 235 g/mol. The van der Waals surface area contributed by atoms with E-state index in [1.807, 2.05) is 6.07 Å². The number of halogens is 1. The first-order chi connectivity index (χ1) is 8.16. The topological polar surface area (TPSA) is 23.5 Å². The fraction of sp³-hybridized carbons (Fsp3) is 0.571. The Balaban J connectivity index is 1.89. The zero-order chi connectivity index (χ0) is 11.9. The highest BCUT2D eigenvalue weighted by molar-refractivity contribution is 5.55. The molecular formula is C14H18FNO. The van der Waals surface area contributed by atoms with Crippen molar-refractivity contribution in [2.45, 2.75) is 37.7 Å². The van der Waals surface area contributed by atoms with Gasteiger partial charge in [0.15, 0.2) is 0 Å². The number of benzene rings is 1. The van der Waals surface area contributed by atoms with Crippen LogP contribution < -0.4 is 4.90 Å². The molecule has 17 heavy (non-hydrogen) atoms. The molecular weight excluding hydrogens is 217 g/mol. The van der Waals surface area contributed by atoms with Gasteiger partial charge in [-0.25, -0.2) is 4.39 Å². The number of anilines is 1. The predicted octanol–water partition coefficient (Wildman–Crippen LogP) is 2.49. The average Bonchev–Trinajstić information content (AvgIpc) is 2.83. The molecule has 0 atom stereocenters. The lowest BCUT2D eigenvalue weighted by atomic mass is 10.0. The Morgan fingerprint density at radius 2 is 1.94 bits per heavy atom. The van der Waals surface area contributed by atoms with Gasteiger partial charge in [0.2, 0.25) is 0 Å². The minimum Gasteiger partial charge on any atom is -0.390 e. The first-order valence-corrected chi connectivity index (χ1v) is 6.42. The van der Waals surface area contributed by atoms with Crippen LogP contribution in [-0.2, 0) is 6.42 Å². The number of hydrogen-bond donors (Lipinski definition) is 1. The fourth-order valence-corrected chi connectivity index (χ4v) is 2.61. The van der Waals surface area contributed by atoms with Crippen molar-refractivity contribution in [3.8, 4) is 0 Å². The SMILES string of the molecule is OC1(Cc2ccc(F)cc2N2CCCC2)CC1. The van der Waals surface area contributed by atoms with Crippen LogP contribution in [-0.4, -0.2) is 23.8 Å². The molecule has 1 N–H and O–H groups in total. The van der Waals surface area contributed by atoms with Crippen molar-refractivity contribution in [2.75, 3.05) is 18.0 Å². The molecule has 2 fully saturated rings. The highest BCUT2D eigenvalue weighted by atomic mass is 19.1. The summed E-state index contributed by atoms with van der Waals surface area (Å²) < 4.78 is 13.4. The normalized spacial score (nSPS) is 21.9. The highest BCUT2D eigenvalue weighted by Gasteiger charge is 2.40. The molecule has 1 heterocycles. The van der Waals surface area contributed by atoms with Gasteiger partial charge in [0.05, 0.1) is 5.60 Å². The first-order valence-electron chi connectivity index (χ1n) is 6.42. The monoisotopic (exact) mass is 235 g/mol. The van der Waals surface area contributed by atoms with Crippen molar-refractivity contribution in [2.24, 2.45) is 0 Å². The third-order valence-corrected chi connectivity index (χ3v) is 3.84. The number of aliphatic hydroxyl groups is 1. The molecule has 1 aromatic carbocycles. The molecule has 0 unspecified atom stereocenters. The molecule has 2 aliphatic rings. The molecule has 0 radical (unpaired) electrons. The summed E-state index contributed by atoms with van der Waals surface area (Å²) in [4.78, 5) is 2.24. The Hall–Kier alpha value is -1.09. The van der Waals surface area contributed by atoms with Crippen LogP contribution in [0.25, 0.3) is 0 Å². The van der Waals surface area contributed by atoms with E-state index in [0.29, 0.717) is 6.42 Å². The van der Waals surface area contributed by atoms with Gasteiger partial charge >= 0.3 is 0 Å². The predicted molar refractivity (Wildman–Crippen MR) is 65.7 cm³/mol. The van der Waals surface area contributed by atoms with Gasteiger partial charge in [-0.3, -0.25) is 0 Å². The third kappa shape index (κ3) is 2.29. The highest BCUT2D eigenvalue weighted by Crippen LogP contribution is 2.40. The molecule has 1 aromatic rings. The van der Waals surface area contributed by atoms with E-state index in [0.717, 1.165) is 37.2 Å². The fourth-order valence-electron chi connectivity index (χ4n) is 2.61. The van der Waals surface area contributed by atoms with Crippen molar-refractivity contribution in [3.05, 3.63) is 29.6 Å². The molecule has 1 aliphatic carbocycles. The van der Waals surface area contributed by atoms with Crippen LogP contribution in [0, 0.1) is 5.82 Å².